The summed E-state index contributed by atoms with van der Waals surface area (Å²) in [6.45, 7) is 5.21. The van der Waals surface area contributed by atoms with E-state index in [1.165, 1.54) is 0 Å². The molecule has 0 aromatic heterocycles. The van der Waals surface area contributed by atoms with Gasteiger partial charge in [-0.1, -0.05) is 24.3 Å². The molecule has 17 heavy (non-hydrogen) atoms. The van der Waals surface area contributed by atoms with Crippen molar-refractivity contribution in [3.63, 3.8) is 0 Å². The second-order valence-electron chi connectivity index (χ2n) is 3.88. The lowest BCUT2D eigenvalue weighted by Crippen LogP contribution is -2.15. The number of esters is 2. The molecule has 0 bridgehead atoms. The first-order chi connectivity index (χ1) is 8.11. The highest BCUT2D eigenvalue weighted by Crippen LogP contribution is 2.37. The van der Waals surface area contributed by atoms with Gasteiger partial charge in [-0.05, 0) is 13.0 Å². The fraction of sp³-hybridized carbons (Fsp3) is 0.231. The topological polar surface area (TPSA) is 52.6 Å². The number of hydrogen-bond acceptors (Lipinski definition) is 4. The van der Waals surface area contributed by atoms with Crippen LogP contribution in [0.15, 0.2) is 31.0 Å². The Kier molecular flexibility index (Phi) is 2.95. The molecule has 0 aliphatic carbocycles. The van der Waals surface area contributed by atoms with Gasteiger partial charge in [0.1, 0.15) is 5.75 Å². The minimum absolute atomic E-state index is 0.0265. The quantitative estimate of drug-likeness (QED) is 0.455. The molecule has 88 valence electrons. The lowest BCUT2D eigenvalue weighted by Gasteiger charge is -2.05. The molecule has 4 heteroatoms. The van der Waals surface area contributed by atoms with E-state index in [1.54, 1.807) is 6.07 Å². The first kappa shape index (κ1) is 11.4. The first-order valence-electron chi connectivity index (χ1n) is 5.24. The summed E-state index contributed by atoms with van der Waals surface area (Å²) >= 11 is 0. The molecule has 1 aliphatic rings. The molecule has 1 aliphatic heterocycles. The number of ether oxygens (including phenoxy) is 2. The number of aryl methyl sites for hydroxylation is 1. The van der Waals surface area contributed by atoms with Gasteiger partial charge >= 0.3 is 11.9 Å². The van der Waals surface area contributed by atoms with Crippen molar-refractivity contribution in [1.82, 2.24) is 0 Å². The van der Waals surface area contributed by atoms with Crippen LogP contribution >= 0.6 is 0 Å². The largest absolute Gasteiger partial charge is 0.435 e. The van der Waals surface area contributed by atoms with E-state index in [0.717, 1.165) is 17.4 Å². The molecule has 0 saturated heterocycles. The van der Waals surface area contributed by atoms with Gasteiger partial charge in [-0.25, -0.2) is 0 Å². The molecule has 0 amide bonds. The van der Waals surface area contributed by atoms with Gasteiger partial charge in [0.05, 0.1) is 18.6 Å². The van der Waals surface area contributed by atoms with Crippen LogP contribution in [0.4, 0.5) is 0 Å². The maximum atomic E-state index is 11.6. The van der Waals surface area contributed by atoms with Crippen molar-refractivity contribution in [3.05, 3.63) is 42.2 Å². The van der Waals surface area contributed by atoms with Gasteiger partial charge in [0.2, 0.25) is 0 Å². The summed E-state index contributed by atoms with van der Waals surface area (Å²) in [6, 6.07) is 5.45. The monoisotopic (exact) mass is 232 g/mol. The molecule has 0 spiro atoms. The predicted octanol–water partition coefficient (Wildman–Crippen LogP) is 2.07. The van der Waals surface area contributed by atoms with Crippen LogP contribution in [-0.2, 0) is 14.3 Å². The Hall–Kier alpha value is -2.10. The van der Waals surface area contributed by atoms with Crippen molar-refractivity contribution in [2.45, 2.75) is 19.3 Å². The summed E-state index contributed by atoms with van der Waals surface area (Å²) in [6.07, 6.45) is 1.03. The standard InChI is InChI=1S/C13H12O4/c1-3-16-12(14)7-10-9-6-8(2)4-5-11(9)17-13(10)15/h3-6,10H,1,7H2,2H3. The first-order valence-corrected chi connectivity index (χ1v) is 5.24. The van der Waals surface area contributed by atoms with E-state index in [1.807, 2.05) is 19.1 Å². The molecule has 4 nitrogen and oxygen atoms in total. The third-order valence-corrected chi connectivity index (χ3v) is 2.62. The van der Waals surface area contributed by atoms with Gasteiger partial charge in [0.25, 0.3) is 0 Å². The number of hydrogen-bond donors (Lipinski definition) is 0. The summed E-state index contributed by atoms with van der Waals surface area (Å²) < 4.78 is 9.70. The van der Waals surface area contributed by atoms with Crippen LogP contribution in [0.2, 0.25) is 0 Å². The van der Waals surface area contributed by atoms with Crippen LogP contribution in [0, 0.1) is 6.92 Å². The SMILES string of the molecule is C=COC(=O)CC1C(=O)Oc2ccc(C)cc21. The molecule has 0 fully saturated rings. The highest BCUT2D eigenvalue weighted by atomic mass is 16.5. The average molecular weight is 232 g/mol. The highest BCUT2D eigenvalue weighted by molar-refractivity contribution is 5.90. The fourth-order valence-corrected chi connectivity index (χ4v) is 1.84. The molecular formula is C13H12O4. The molecule has 1 heterocycles. The molecule has 1 aromatic carbocycles. The predicted molar refractivity (Wildman–Crippen MR) is 60.5 cm³/mol. The molecule has 0 radical (unpaired) electrons. The number of carbonyl (C=O) groups excluding carboxylic acids is 2. The van der Waals surface area contributed by atoms with E-state index in [2.05, 4.69) is 11.3 Å². The van der Waals surface area contributed by atoms with Crippen molar-refractivity contribution in [3.8, 4) is 5.75 Å². The Morgan fingerprint density at radius 2 is 2.35 bits per heavy atom. The summed E-state index contributed by atoms with van der Waals surface area (Å²) in [4.78, 5) is 23.0. The van der Waals surface area contributed by atoms with Crippen molar-refractivity contribution < 1.29 is 19.1 Å². The normalized spacial score (nSPS) is 17.2. The van der Waals surface area contributed by atoms with Crippen LogP contribution in [0.5, 0.6) is 5.75 Å². The smallest absolute Gasteiger partial charge is 0.319 e. The summed E-state index contributed by atoms with van der Waals surface area (Å²) in [7, 11) is 0. The molecule has 1 unspecified atom stereocenters. The molecular weight excluding hydrogens is 220 g/mol. The third-order valence-electron chi connectivity index (χ3n) is 2.62. The van der Waals surface area contributed by atoms with Crippen molar-refractivity contribution >= 4 is 11.9 Å². The van der Waals surface area contributed by atoms with E-state index in [9.17, 15) is 9.59 Å². The Morgan fingerprint density at radius 1 is 1.59 bits per heavy atom. The second-order valence-corrected chi connectivity index (χ2v) is 3.88. The summed E-state index contributed by atoms with van der Waals surface area (Å²) in [5.74, 6) is -0.947. The molecule has 2 rings (SSSR count). The zero-order chi connectivity index (χ0) is 12.4. The summed E-state index contributed by atoms with van der Waals surface area (Å²) in [5.41, 5.74) is 1.76. The lowest BCUT2D eigenvalue weighted by atomic mass is 9.96. The number of benzene rings is 1. The Balaban J connectivity index is 2.24. The third kappa shape index (κ3) is 2.20. The molecule has 0 saturated carbocycles. The van der Waals surface area contributed by atoms with Crippen LogP contribution < -0.4 is 4.74 Å². The number of carbonyl (C=O) groups is 2. The van der Waals surface area contributed by atoms with Gasteiger partial charge in [0, 0.05) is 5.56 Å². The molecule has 0 N–H and O–H groups in total. The van der Waals surface area contributed by atoms with E-state index < -0.39 is 17.9 Å². The Morgan fingerprint density at radius 3 is 3.06 bits per heavy atom. The highest BCUT2D eigenvalue weighted by Gasteiger charge is 2.35. The number of rotatable bonds is 3. The van der Waals surface area contributed by atoms with Crippen molar-refractivity contribution in [2.24, 2.45) is 0 Å². The van der Waals surface area contributed by atoms with Gasteiger partial charge in [-0.3, -0.25) is 9.59 Å². The van der Waals surface area contributed by atoms with Gasteiger partial charge in [0.15, 0.2) is 0 Å². The van der Waals surface area contributed by atoms with E-state index >= 15 is 0 Å². The molecule has 1 atom stereocenters. The zero-order valence-electron chi connectivity index (χ0n) is 9.43. The maximum Gasteiger partial charge on any atom is 0.319 e. The van der Waals surface area contributed by atoms with Crippen molar-refractivity contribution in [2.75, 3.05) is 0 Å². The fourth-order valence-electron chi connectivity index (χ4n) is 1.84. The minimum atomic E-state index is -0.572. The van der Waals surface area contributed by atoms with Crippen LogP contribution in [0.3, 0.4) is 0 Å². The Bertz CT molecular complexity index is 490. The van der Waals surface area contributed by atoms with Crippen LogP contribution in [-0.4, -0.2) is 11.9 Å². The lowest BCUT2D eigenvalue weighted by molar-refractivity contribution is -0.143. The Labute approximate surface area is 98.8 Å². The van der Waals surface area contributed by atoms with Crippen LogP contribution in [0.25, 0.3) is 0 Å². The van der Waals surface area contributed by atoms with E-state index in [-0.39, 0.29) is 6.42 Å². The summed E-state index contributed by atoms with van der Waals surface area (Å²) in [5, 5.41) is 0. The average Bonchev–Trinajstić information content (AvgIpc) is 2.56. The van der Waals surface area contributed by atoms with E-state index in [0.29, 0.717) is 5.75 Å². The maximum absolute atomic E-state index is 11.6. The zero-order valence-corrected chi connectivity index (χ0v) is 9.43. The second kappa shape index (κ2) is 4.41. The van der Waals surface area contributed by atoms with Gasteiger partial charge in [-0.15, -0.1) is 0 Å². The van der Waals surface area contributed by atoms with Gasteiger partial charge < -0.3 is 9.47 Å². The van der Waals surface area contributed by atoms with Gasteiger partial charge in [-0.2, -0.15) is 0 Å². The van der Waals surface area contributed by atoms with Crippen molar-refractivity contribution in [1.29, 1.82) is 0 Å². The number of fused-ring (bicyclic) bond motifs is 1. The molecule has 1 aromatic rings. The van der Waals surface area contributed by atoms with E-state index in [4.69, 9.17) is 4.74 Å². The minimum Gasteiger partial charge on any atom is -0.435 e. The van der Waals surface area contributed by atoms with Crippen LogP contribution in [0.1, 0.15) is 23.5 Å².